The van der Waals surface area contributed by atoms with E-state index in [1.807, 2.05) is 24.4 Å². The third kappa shape index (κ3) is 4.29. The van der Waals surface area contributed by atoms with Crippen LogP contribution in [0.1, 0.15) is 22.2 Å². The predicted octanol–water partition coefficient (Wildman–Crippen LogP) is 3.73. The molecule has 1 heterocycles. The summed E-state index contributed by atoms with van der Waals surface area (Å²) < 4.78 is 26.5. The Labute approximate surface area is 168 Å². The van der Waals surface area contributed by atoms with Crippen molar-refractivity contribution in [3.8, 4) is 0 Å². The van der Waals surface area contributed by atoms with Crippen LogP contribution in [-0.2, 0) is 10.0 Å². The van der Waals surface area contributed by atoms with Crippen LogP contribution in [0.25, 0.3) is 0 Å². The maximum atomic E-state index is 12.7. The van der Waals surface area contributed by atoms with Crippen LogP contribution in [0.2, 0.25) is 0 Å². The Morgan fingerprint density at radius 3 is 2.29 bits per heavy atom. The standard InChI is InChI=1S/C20H19N3O3S2/c1-15(19-9-6-14-27-19)21-22-20(24)16-10-12-17(13-11-16)23(2)28(25,26)18-7-4-3-5-8-18/h3-14H,1-2H3,(H,22,24). The van der Waals surface area contributed by atoms with Gasteiger partial charge >= 0.3 is 0 Å². The van der Waals surface area contributed by atoms with Crippen molar-refractivity contribution in [2.24, 2.45) is 5.10 Å². The van der Waals surface area contributed by atoms with Crippen molar-refractivity contribution in [1.29, 1.82) is 0 Å². The number of hydrazone groups is 1. The number of carbonyl (C=O) groups excluding carboxylic acids is 1. The fourth-order valence-corrected chi connectivity index (χ4v) is 4.34. The summed E-state index contributed by atoms with van der Waals surface area (Å²) in [6.07, 6.45) is 0. The molecule has 0 bridgehead atoms. The van der Waals surface area contributed by atoms with Gasteiger partial charge in [0, 0.05) is 17.5 Å². The molecule has 0 saturated heterocycles. The molecule has 0 fully saturated rings. The highest BCUT2D eigenvalue weighted by atomic mass is 32.2. The molecule has 0 aliphatic heterocycles. The molecule has 144 valence electrons. The van der Waals surface area contributed by atoms with Crippen LogP contribution in [0, 0.1) is 0 Å². The molecule has 0 aliphatic carbocycles. The van der Waals surface area contributed by atoms with Gasteiger partial charge in [0.25, 0.3) is 15.9 Å². The van der Waals surface area contributed by atoms with Crippen molar-refractivity contribution in [3.63, 3.8) is 0 Å². The van der Waals surface area contributed by atoms with Gasteiger partial charge in [0.05, 0.1) is 16.3 Å². The minimum Gasteiger partial charge on any atom is -0.269 e. The Balaban J connectivity index is 1.72. The molecule has 1 N–H and O–H groups in total. The zero-order chi connectivity index (χ0) is 20.1. The van der Waals surface area contributed by atoms with E-state index in [-0.39, 0.29) is 10.8 Å². The van der Waals surface area contributed by atoms with Gasteiger partial charge in [-0.15, -0.1) is 11.3 Å². The lowest BCUT2D eigenvalue weighted by Crippen LogP contribution is -2.26. The van der Waals surface area contributed by atoms with Crippen LogP contribution in [0.3, 0.4) is 0 Å². The molecule has 0 saturated carbocycles. The van der Waals surface area contributed by atoms with E-state index in [2.05, 4.69) is 10.5 Å². The molecule has 0 aliphatic rings. The Morgan fingerprint density at radius 1 is 1.00 bits per heavy atom. The van der Waals surface area contributed by atoms with Gasteiger partial charge in [-0.05, 0) is 54.8 Å². The Hall–Kier alpha value is -2.97. The summed E-state index contributed by atoms with van der Waals surface area (Å²) in [6.45, 7) is 1.82. The Bertz CT molecular complexity index is 1080. The zero-order valence-corrected chi connectivity index (χ0v) is 17.0. The molecule has 0 spiro atoms. The van der Waals surface area contributed by atoms with Crippen LogP contribution in [-0.4, -0.2) is 27.1 Å². The molecule has 2 aromatic carbocycles. The fraction of sp³-hybridized carbons (Fsp3) is 0.100. The number of rotatable bonds is 6. The molecule has 6 nitrogen and oxygen atoms in total. The highest BCUT2D eigenvalue weighted by Crippen LogP contribution is 2.22. The highest BCUT2D eigenvalue weighted by Gasteiger charge is 2.21. The maximum absolute atomic E-state index is 12.7. The van der Waals surface area contributed by atoms with Gasteiger partial charge in [-0.2, -0.15) is 5.10 Å². The number of hydrogen-bond acceptors (Lipinski definition) is 5. The van der Waals surface area contributed by atoms with E-state index in [0.717, 1.165) is 4.88 Å². The number of sulfonamides is 1. The lowest BCUT2D eigenvalue weighted by molar-refractivity contribution is 0.0955. The first-order valence-corrected chi connectivity index (χ1v) is 10.7. The molecule has 1 amide bonds. The van der Waals surface area contributed by atoms with Gasteiger partial charge in [0.1, 0.15) is 0 Å². The van der Waals surface area contributed by atoms with E-state index >= 15 is 0 Å². The van der Waals surface area contributed by atoms with E-state index in [9.17, 15) is 13.2 Å². The number of benzene rings is 2. The second kappa shape index (κ2) is 8.37. The second-order valence-electron chi connectivity index (χ2n) is 5.95. The lowest BCUT2D eigenvalue weighted by Gasteiger charge is -2.19. The molecular weight excluding hydrogens is 394 g/mol. The molecule has 0 atom stereocenters. The maximum Gasteiger partial charge on any atom is 0.271 e. The van der Waals surface area contributed by atoms with Crippen molar-refractivity contribution in [2.45, 2.75) is 11.8 Å². The first-order valence-electron chi connectivity index (χ1n) is 8.42. The summed E-state index contributed by atoms with van der Waals surface area (Å²) >= 11 is 1.54. The Kier molecular flexibility index (Phi) is 5.91. The number of carbonyl (C=O) groups is 1. The average molecular weight is 414 g/mol. The molecule has 3 rings (SSSR count). The van der Waals surface area contributed by atoms with Gasteiger partial charge < -0.3 is 0 Å². The summed E-state index contributed by atoms with van der Waals surface area (Å²) in [7, 11) is -2.18. The van der Waals surface area contributed by atoms with E-state index in [1.165, 1.54) is 22.7 Å². The smallest absolute Gasteiger partial charge is 0.269 e. The van der Waals surface area contributed by atoms with Gasteiger partial charge in [-0.1, -0.05) is 24.3 Å². The van der Waals surface area contributed by atoms with Crippen LogP contribution in [0.4, 0.5) is 5.69 Å². The topological polar surface area (TPSA) is 78.8 Å². The van der Waals surface area contributed by atoms with Crippen molar-refractivity contribution < 1.29 is 13.2 Å². The first kappa shape index (κ1) is 19.8. The number of amides is 1. The van der Waals surface area contributed by atoms with Crippen molar-refractivity contribution in [2.75, 3.05) is 11.4 Å². The third-order valence-corrected chi connectivity index (χ3v) is 6.88. The first-order chi connectivity index (χ1) is 13.4. The summed E-state index contributed by atoms with van der Waals surface area (Å²) in [5.74, 6) is -0.365. The van der Waals surface area contributed by atoms with Crippen molar-refractivity contribution in [1.82, 2.24) is 5.43 Å². The molecule has 0 unspecified atom stereocenters. The number of anilines is 1. The lowest BCUT2D eigenvalue weighted by atomic mass is 10.2. The number of hydrogen-bond donors (Lipinski definition) is 1. The van der Waals surface area contributed by atoms with E-state index in [4.69, 9.17) is 0 Å². The molecule has 1 aromatic heterocycles. The van der Waals surface area contributed by atoms with E-state index in [0.29, 0.717) is 17.0 Å². The minimum atomic E-state index is -3.66. The fourth-order valence-electron chi connectivity index (χ4n) is 2.45. The van der Waals surface area contributed by atoms with Crippen LogP contribution in [0.15, 0.2) is 82.1 Å². The van der Waals surface area contributed by atoms with Crippen LogP contribution in [0.5, 0.6) is 0 Å². The van der Waals surface area contributed by atoms with Crippen molar-refractivity contribution in [3.05, 3.63) is 82.6 Å². The van der Waals surface area contributed by atoms with Crippen LogP contribution < -0.4 is 9.73 Å². The molecule has 3 aromatic rings. The molecule has 8 heteroatoms. The van der Waals surface area contributed by atoms with Crippen LogP contribution >= 0.6 is 11.3 Å². The van der Waals surface area contributed by atoms with E-state index < -0.39 is 10.0 Å². The number of nitrogens with zero attached hydrogens (tertiary/aromatic N) is 2. The number of thiophene rings is 1. The summed E-state index contributed by atoms with van der Waals surface area (Å²) in [6, 6.07) is 18.3. The van der Waals surface area contributed by atoms with Gasteiger partial charge in [-0.25, -0.2) is 13.8 Å². The SMILES string of the molecule is CC(=NNC(=O)c1ccc(N(C)S(=O)(=O)c2ccccc2)cc1)c1cccs1. The highest BCUT2D eigenvalue weighted by molar-refractivity contribution is 7.92. The molecule has 0 radical (unpaired) electrons. The van der Waals surface area contributed by atoms with Gasteiger partial charge in [0.15, 0.2) is 0 Å². The van der Waals surface area contributed by atoms with Gasteiger partial charge in [0.2, 0.25) is 0 Å². The van der Waals surface area contributed by atoms with Gasteiger partial charge in [-0.3, -0.25) is 9.10 Å². The summed E-state index contributed by atoms with van der Waals surface area (Å²) in [4.78, 5) is 13.5. The Morgan fingerprint density at radius 2 is 1.68 bits per heavy atom. The average Bonchev–Trinajstić information content (AvgIpc) is 3.27. The monoisotopic (exact) mass is 413 g/mol. The molecule has 28 heavy (non-hydrogen) atoms. The summed E-state index contributed by atoms with van der Waals surface area (Å²) in [5, 5.41) is 6.04. The molecular formula is C20H19N3O3S2. The third-order valence-electron chi connectivity index (χ3n) is 4.10. The normalized spacial score (nSPS) is 11.9. The zero-order valence-electron chi connectivity index (χ0n) is 15.4. The quantitative estimate of drug-likeness (QED) is 0.494. The number of nitrogens with one attached hydrogen (secondary N) is 1. The largest absolute Gasteiger partial charge is 0.271 e. The minimum absolute atomic E-state index is 0.206. The predicted molar refractivity (Wildman–Crippen MR) is 112 cm³/mol. The van der Waals surface area contributed by atoms with Crippen molar-refractivity contribution >= 4 is 38.7 Å². The summed E-state index contributed by atoms with van der Waals surface area (Å²) in [5.41, 5.74) is 4.08. The van der Waals surface area contributed by atoms with E-state index in [1.54, 1.807) is 54.6 Å². The second-order valence-corrected chi connectivity index (χ2v) is 8.86.